The molecule has 0 aromatic heterocycles. The number of hydrogen-bond donors (Lipinski definition) is 2. The highest BCUT2D eigenvalue weighted by Crippen LogP contribution is 2.36. The van der Waals surface area contributed by atoms with Crippen molar-refractivity contribution < 1.29 is 37.9 Å². The van der Waals surface area contributed by atoms with Crippen molar-refractivity contribution in [1.82, 2.24) is 0 Å². The molecular formula is C43H77O8P. The maximum atomic E-state index is 12.4. The minimum Gasteiger partial charge on any atom is -0.462 e. The molecule has 0 aliphatic heterocycles. The molecular weight excluding hydrogens is 675 g/mol. The van der Waals surface area contributed by atoms with Crippen molar-refractivity contribution in [2.75, 3.05) is 13.2 Å². The Hall–Kier alpha value is -1.99. The predicted molar refractivity (Wildman–Crippen MR) is 216 cm³/mol. The molecule has 0 aromatic carbocycles. The highest BCUT2D eigenvalue weighted by Gasteiger charge is 2.22. The third-order valence-electron chi connectivity index (χ3n) is 8.82. The Balaban J connectivity index is 3.97. The van der Waals surface area contributed by atoms with Gasteiger partial charge in [0.05, 0.1) is 6.61 Å². The number of esters is 2. The Bertz CT molecular complexity index is 984. The van der Waals surface area contributed by atoms with E-state index in [1.807, 2.05) is 0 Å². The van der Waals surface area contributed by atoms with Crippen molar-refractivity contribution >= 4 is 19.8 Å². The SMILES string of the molecule is CCCCC/C=C/C/C=C/C/C=C/CCCCCCC(=O)O[C@H](COC(=O)CCCCCCCCC/C=C/CCCCCCCC)COP(=O)(O)O. The zero-order valence-corrected chi connectivity index (χ0v) is 34.1. The summed E-state index contributed by atoms with van der Waals surface area (Å²) in [7, 11) is -4.76. The van der Waals surface area contributed by atoms with E-state index in [2.05, 4.69) is 67.0 Å². The first-order valence-corrected chi connectivity index (χ1v) is 22.5. The van der Waals surface area contributed by atoms with Crippen molar-refractivity contribution in [2.45, 2.75) is 200 Å². The predicted octanol–water partition coefficient (Wildman–Crippen LogP) is 12.7. The molecule has 302 valence electrons. The molecule has 1 atom stereocenters. The summed E-state index contributed by atoms with van der Waals surface area (Å²) in [5.74, 6) is -0.914. The Morgan fingerprint density at radius 3 is 1.35 bits per heavy atom. The molecule has 0 rings (SSSR count). The smallest absolute Gasteiger partial charge is 0.462 e. The highest BCUT2D eigenvalue weighted by molar-refractivity contribution is 7.46. The van der Waals surface area contributed by atoms with Gasteiger partial charge in [0.1, 0.15) is 6.61 Å². The lowest BCUT2D eigenvalue weighted by molar-refractivity contribution is -0.161. The van der Waals surface area contributed by atoms with Gasteiger partial charge in [-0.2, -0.15) is 0 Å². The normalized spacial score (nSPS) is 12.9. The standard InChI is InChI=1S/C43H77O8P/c1-3-5-7-9-11-13-15-17-19-21-23-25-27-29-31-33-35-37-42(44)49-39-41(40-50-52(46,47)48)51-43(45)38-36-34-32-30-28-26-24-22-20-18-16-14-12-10-8-6-4-2/h12,14,17-20,24,26,41H,3-11,13,15-16,21-23,25,27-40H2,1-2H3,(H2,46,47,48)/b14-12+,19-17+,20-18+,26-24+/t41-/m1/s1. The largest absolute Gasteiger partial charge is 0.469 e. The van der Waals surface area contributed by atoms with Crippen LogP contribution in [0.1, 0.15) is 194 Å². The van der Waals surface area contributed by atoms with Crippen molar-refractivity contribution in [3.63, 3.8) is 0 Å². The molecule has 0 fully saturated rings. The fourth-order valence-corrected chi connectivity index (χ4v) is 6.03. The van der Waals surface area contributed by atoms with E-state index in [1.54, 1.807) is 0 Å². The van der Waals surface area contributed by atoms with Crippen LogP contribution in [0.2, 0.25) is 0 Å². The van der Waals surface area contributed by atoms with Crippen LogP contribution in [0.3, 0.4) is 0 Å². The lowest BCUT2D eigenvalue weighted by Crippen LogP contribution is -2.29. The van der Waals surface area contributed by atoms with Crippen LogP contribution in [0.5, 0.6) is 0 Å². The molecule has 0 bridgehead atoms. The number of phosphoric acid groups is 1. The van der Waals surface area contributed by atoms with Gasteiger partial charge in [-0.3, -0.25) is 14.1 Å². The lowest BCUT2D eigenvalue weighted by atomic mass is 10.1. The number of ether oxygens (including phenoxy) is 2. The van der Waals surface area contributed by atoms with Crippen LogP contribution in [-0.2, 0) is 28.2 Å². The monoisotopic (exact) mass is 753 g/mol. The van der Waals surface area contributed by atoms with Crippen LogP contribution in [0.25, 0.3) is 0 Å². The number of rotatable bonds is 38. The summed E-state index contributed by atoms with van der Waals surface area (Å²) in [5, 5.41) is 0. The third-order valence-corrected chi connectivity index (χ3v) is 9.31. The molecule has 0 saturated carbocycles. The fraction of sp³-hybridized carbons (Fsp3) is 0.767. The maximum Gasteiger partial charge on any atom is 0.469 e. The summed E-state index contributed by atoms with van der Waals surface area (Å²) in [6, 6.07) is 0. The molecule has 9 heteroatoms. The Labute approximate surface area is 318 Å². The van der Waals surface area contributed by atoms with Gasteiger partial charge in [-0.25, -0.2) is 4.57 Å². The molecule has 0 saturated heterocycles. The Morgan fingerprint density at radius 2 is 0.865 bits per heavy atom. The number of hydrogen-bond acceptors (Lipinski definition) is 6. The second-order valence-corrected chi connectivity index (χ2v) is 15.2. The average molecular weight is 753 g/mol. The minimum atomic E-state index is -4.76. The van der Waals surface area contributed by atoms with E-state index < -0.39 is 32.5 Å². The van der Waals surface area contributed by atoms with E-state index in [9.17, 15) is 14.2 Å². The molecule has 0 aromatic rings. The van der Waals surface area contributed by atoms with Gasteiger partial charge in [0.25, 0.3) is 0 Å². The summed E-state index contributed by atoms with van der Waals surface area (Å²) in [4.78, 5) is 42.8. The van der Waals surface area contributed by atoms with Crippen LogP contribution in [0, 0.1) is 0 Å². The lowest BCUT2D eigenvalue weighted by Gasteiger charge is -2.18. The quantitative estimate of drug-likeness (QED) is 0.0277. The Morgan fingerprint density at radius 1 is 0.500 bits per heavy atom. The maximum absolute atomic E-state index is 12.4. The van der Waals surface area contributed by atoms with Gasteiger partial charge in [-0.15, -0.1) is 0 Å². The van der Waals surface area contributed by atoms with E-state index in [0.717, 1.165) is 64.2 Å². The summed E-state index contributed by atoms with van der Waals surface area (Å²) in [6.45, 7) is 3.63. The van der Waals surface area contributed by atoms with E-state index in [-0.39, 0.29) is 19.4 Å². The number of carbonyl (C=O) groups excluding carboxylic acids is 2. The molecule has 0 heterocycles. The van der Waals surface area contributed by atoms with Gasteiger partial charge in [-0.05, 0) is 77.0 Å². The van der Waals surface area contributed by atoms with E-state index in [4.69, 9.17) is 19.3 Å². The summed E-state index contributed by atoms with van der Waals surface area (Å²) in [6.07, 6.45) is 46.8. The van der Waals surface area contributed by atoms with Gasteiger partial charge < -0.3 is 19.3 Å². The van der Waals surface area contributed by atoms with E-state index in [0.29, 0.717) is 12.8 Å². The number of allylic oxidation sites excluding steroid dienone is 8. The van der Waals surface area contributed by atoms with Crippen LogP contribution in [-0.4, -0.2) is 41.0 Å². The highest BCUT2D eigenvalue weighted by atomic mass is 31.2. The molecule has 0 radical (unpaired) electrons. The van der Waals surface area contributed by atoms with Crippen molar-refractivity contribution in [3.05, 3.63) is 48.6 Å². The Kier molecular flexibility index (Phi) is 37.2. The molecule has 0 spiro atoms. The molecule has 0 aliphatic carbocycles. The first kappa shape index (κ1) is 50.0. The molecule has 2 N–H and O–H groups in total. The molecule has 52 heavy (non-hydrogen) atoms. The van der Waals surface area contributed by atoms with Crippen LogP contribution < -0.4 is 0 Å². The van der Waals surface area contributed by atoms with Crippen LogP contribution >= 0.6 is 7.82 Å². The van der Waals surface area contributed by atoms with Gasteiger partial charge in [0.2, 0.25) is 0 Å². The molecule has 0 unspecified atom stereocenters. The van der Waals surface area contributed by atoms with Crippen LogP contribution in [0.15, 0.2) is 48.6 Å². The van der Waals surface area contributed by atoms with Crippen molar-refractivity contribution in [2.24, 2.45) is 0 Å². The summed E-state index contributed by atoms with van der Waals surface area (Å²) in [5.41, 5.74) is 0. The molecule has 0 amide bonds. The zero-order valence-electron chi connectivity index (χ0n) is 33.2. The number of carbonyl (C=O) groups is 2. The average Bonchev–Trinajstić information content (AvgIpc) is 3.11. The first-order chi connectivity index (χ1) is 25.3. The fourth-order valence-electron chi connectivity index (χ4n) is 5.67. The minimum absolute atomic E-state index is 0.185. The second kappa shape index (κ2) is 38.7. The summed E-state index contributed by atoms with van der Waals surface area (Å²) < 4.78 is 26.4. The molecule has 0 aliphatic rings. The van der Waals surface area contributed by atoms with Crippen LogP contribution in [0.4, 0.5) is 0 Å². The molecule has 8 nitrogen and oxygen atoms in total. The zero-order chi connectivity index (χ0) is 38.2. The topological polar surface area (TPSA) is 119 Å². The number of unbranched alkanes of at least 4 members (excludes halogenated alkanes) is 20. The summed E-state index contributed by atoms with van der Waals surface area (Å²) >= 11 is 0. The number of phosphoric ester groups is 1. The second-order valence-electron chi connectivity index (χ2n) is 14.0. The van der Waals surface area contributed by atoms with E-state index in [1.165, 1.54) is 89.9 Å². The van der Waals surface area contributed by atoms with Gasteiger partial charge in [-0.1, -0.05) is 152 Å². The van der Waals surface area contributed by atoms with Crippen molar-refractivity contribution in [1.29, 1.82) is 0 Å². The first-order valence-electron chi connectivity index (χ1n) is 20.9. The van der Waals surface area contributed by atoms with Crippen molar-refractivity contribution in [3.8, 4) is 0 Å². The van der Waals surface area contributed by atoms with E-state index >= 15 is 0 Å². The van der Waals surface area contributed by atoms with Gasteiger partial charge >= 0.3 is 19.8 Å². The third kappa shape index (κ3) is 40.8. The van der Waals surface area contributed by atoms with Gasteiger partial charge in [0, 0.05) is 12.8 Å². The van der Waals surface area contributed by atoms with Gasteiger partial charge in [0.15, 0.2) is 6.10 Å².